The van der Waals surface area contributed by atoms with Crippen LogP contribution in [0.3, 0.4) is 0 Å². The van der Waals surface area contributed by atoms with Crippen molar-refractivity contribution in [1.82, 2.24) is 0 Å². The molecule has 2 rings (SSSR count). The zero-order valence-corrected chi connectivity index (χ0v) is 9.50. The average molecular weight is 211 g/mol. The van der Waals surface area contributed by atoms with Crippen LogP contribution in [0.25, 0.3) is 0 Å². The molecule has 0 saturated heterocycles. The molecule has 2 aliphatic rings. The third kappa shape index (κ3) is 2.04. The molecule has 1 atom stereocenters. The molecule has 1 saturated carbocycles. The molecule has 0 amide bonds. The number of ether oxygens (including phenoxy) is 2. The van der Waals surface area contributed by atoms with Gasteiger partial charge in [0.15, 0.2) is 0 Å². The summed E-state index contributed by atoms with van der Waals surface area (Å²) in [5, 5.41) is 0. The van der Waals surface area contributed by atoms with Crippen LogP contribution in [0.15, 0.2) is 11.8 Å². The quantitative estimate of drug-likeness (QED) is 0.776. The van der Waals surface area contributed by atoms with Crippen molar-refractivity contribution in [2.75, 3.05) is 13.7 Å². The Hall–Kier alpha value is -0.540. The topological polar surface area (TPSA) is 44.5 Å². The molecule has 86 valence electrons. The number of hydrogen-bond donors (Lipinski definition) is 1. The molecule has 1 unspecified atom stereocenters. The Morgan fingerprint density at radius 2 is 2.13 bits per heavy atom. The number of methoxy groups -OCH3 is 1. The van der Waals surface area contributed by atoms with E-state index in [-0.39, 0.29) is 11.6 Å². The summed E-state index contributed by atoms with van der Waals surface area (Å²) in [6.45, 7) is 0.781. The maximum atomic E-state index is 6.28. The van der Waals surface area contributed by atoms with Gasteiger partial charge in [-0.2, -0.15) is 0 Å². The Balaban J connectivity index is 2.09. The highest BCUT2D eigenvalue weighted by molar-refractivity contribution is 5.14. The Kier molecular flexibility index (Phi) is 3.32. The predicted octanol–water partition coefficient (Wildman–Crippen LogP) is 1.97. The van der Waals surface area contributed by atoms with Gasteiger partial charge in [-0.25, -0.2) is 0 Å². The van der Waals surface area contributed by atoms with Crippen LogP contribution in [-0.2, 0) is 9.47 Å². The zero-order chi connectivity index (χ0) is 10.7. The summed E-state index contributed by atoms with van der Waals surface area (Å²) < 4.78 is 11.3. The third-order valence-corrected chi connectivity index (χ3v) is 3.71. The van der Waals surface area contributed by atoms with E-state index >= 15 is 0 Å². The highest BCUT2D eigenvalue weighted by atomic mass is 16.5. The van der Waals surface area contributed by atoms with E-state index in [4.69, 9.17) is 15.2 Å². The van der Waals surface area contributed by atoms with Gasteiger partial charge in [0.25, 0.3) is 0 Å². The first-order valence-corrected chi connectivity index (χ1v) is 5.92. The second kappa shape index (κ2) is 4.54. The van der Waals surface area contributed by atoms with Crippen molar-refractivity contribution in [3.63, 3.8) is 0 Å². The van der Waals surface area contributed by atoms with Gasteiger partial charge in [0.1, 0.15) is 5.76 Å². The molecule has 3 heteroatoms. The minimum atomic E-state index is -0.172. The standard InChI is InChI=1S/C12H21NO2/c1-14-12(7-3-2-4-8-12)11(13)10-6-5-9-15-10/h6,11H,2-5,7-9,13H2,1H3. The van der Waals surface area contributed by atoms with Crippen molar-refractivity contribution in [2.45, 2.75) is 50.2 Å². The zero-order valence-electron chi connectivity index (χ0n) is 9.50. The number of hydrogen-bond acceptors (Lipinski definition) is 3. The Morgan fingerprint density at radius 3 is 2.67 bits per heavy atom. The minimum Gasteiger partial charge on any atom is -0.496 e. The molecule has 1 heterocycles. The van der Waals surface area contributed by atoms with E-state index in [0.717, 1.165) is 31.6 Å². The van der Waals surface area contributed by atoms with Gasteiger partial charge in [-0.3, -0.25) is 0 Å². The Morgan fingerprint density at radius 1 is 1.40 bits per heavy atom. The van der Waals surface area contributed by atoms with Crippen LogP contribution in [0, 0.1) is 0 Å². The van der Waals surface area contributed by atoms with Crippen LogP contribution >= 0.6 is 0 Å². The fraction of sp³-hybridized carbons (Fsp3) is 0.833. The predicted molar refractivity (Wildman–Crippen MR) is 59.5 cm³/mol. The molecule has 1 aliphatic heterocycles. The van der Waals surface area contributed by atoms with E-state index in [1.165, 1.54) is 19.3 Å². The molecule has 0 bridgehead atoms. The van der Waals surface area contributed by atoms with Crippen LogP contribution in [0.2, 0.25) is 0 Å². The summed E-state index contributed by atoms with van der Waals surface area (Å²) in [5.41, 5.74) is 6.11. The monoisotopic (exact) mass is 211 g/mol. The Bertz CT molecular complexity index is 244. The molecule has 0 aromatic carbocycles. The number of nitrogens with two attached hydrogens (primary N) is 1. The lowest BCUT2D eigenvalue weighted by Gasteiger charge is -2.40. The van der Waals surface area contributed by atoms with Gasteiger partial charge in [-0.1, -0.05) is 19.3 Å². The van der Waals surface area contributed by atoms with Gasteiger partial charge < -0.3 is 15.2 Å². The van der Waals surface area contributed by atoms with Crippen LogP contribution < -0.4 is 5.73 Å². The first-order valence-electron chi connectivity index (χ1n) is 5.92. The van der Waals surface area contributed by atoms with Crippen LogP contribution in [0.5, 0.6) is 0 Å². The van der Waals surface area contributed by atoms with E-state index in [1.807, 2.05) is 0 Å². The summed E-state index contributed by atoms with van der Waals surface area (Å²) in [7, 11) is 1.78. The van der Waals surface area contributed by atoms with Crippen LogP contribution in [-0.4, -0.2) is 25.4 Å². The summed E-state index contributed by atoms with van der Waals surface area (Å²) in [6, 6.07) is -0.0784. The van der Waals surface area contributed by atoms with E-state index in [2.05, 4.69) is 6.08 Å². The molecular formula is C12H21NO2. The minimum absolute atomic E-state index is 0.0784. The lowest BCUT2D eigenvalue weighted by atomic mass is 9.78. The summed E-state index contributed by atoms with van der Waals surface area (Å²) in [4.78, 5) is 0. The lowest BCUT2D eigenvalue weighted by molar-refractivity contribution is -0.0596. The molecular weight excluding hydrogens is 190 g/mol. The maximum Gasteiger partial charge on any atom is 0.112 e. The smallest absolute Gasteiger partial charge is 0.112 e. The van der Waals surface area contributed by atoms with Crippen LogP contribution in [0.4, 0.5) is 0 Å². The highest BCUT2D eigenvalue weighted by Gasteiger charge is 2.41. The normalized spacial score (nSPS) is 26.9. The first kappa shape index (κ1) is 11.0. The van der Waals surface area contributed by atoms with E-state index < -0.39 is 0 Å². The van der Waals surface area contributed by atoms with Crippen molar-refractivity contribution >= 4 is 0 Å². The fourth-order valence-corrected chi connectivity index (χ4v) is 2.71. The second-order valence-corrected chi connectivity index (χ2v) is 4.55. The van der Waals surface area contributed by atoms with Crippen molar-refractivity contribution in [1.29, 1.82) is 0 Å². The van der Waals surface area contributed by atoms with Gasteiger partial charge in [-0.15, -0.1) is 0 Å². The van der Waals surface area contributed by atoms with E-state index in [9.17, 15) is 0 Å². The summed E-state index contributed by atoms with van der Waals surface area (Å²) in [6.07, 6.45) is 8.96. The molecule has 3 nitrogen and oxygen atoms in total. The second-order valence-electron chi connectivity index (χ2n) is 4.55. The van der Waals surface area contributed by atoms with E-state index in [0.29, 0.717) is 0 Å². The van der Waals surface area contributed by atoms with Crippen molar-refractivity contribution < 1.29 is 9.47 Å². The summed E-state index contributed by atoms with van der Waals surface area (Å²) >= 11 is 0. The Labute approximate surface area is 91.6 Å². The third-order valence-electron chi connectivity index (χ3n) is 3.71. The van der Waals surface area contributed by atoms with Gasteiger partial charge in [0, 0.05) is 13.5 Å². The highest BCUT2D eigenvalue weighted by Crippen LogP contribution is 2.36. The summed E-state index contributed by atoms with van der Waals surface area (Å²) in [5.74, 6) is 0.943. The molecule has 0 aromatic rings. The SMILES string of the molecule is COC1(C(N)C2=CCCO2)CCCCC1. The molecule has 15 heavy (non-hydrogen) atoms. The van der Waals surface area contributed by atoms with Gasteiger partial charge in [-0.05, 0) is 18.9 Å². The molecule has 0 spiro atoms. The number of rotatable bonds is 3. The fourth-order valence-electron chi connectivity index (χ4n) is 2.71. The molecule has 0 radical (unpaired) electrons. The molecule has 2 N–H and O–H groups in total. The van der Waals surface area contributed by atoms with Gasteiger partial charge in [0.2, 0.25) is 0 Å². The molecule has 1 fully saturated rings. The van der Waals surface area contributed by atoms with Crippen molar-refractivity contribution in [3.05, 3.63) is 11.8 Å². The van der Waals surface area contributed by atoms with Crippen molar-refractivity contribution in [3.8, 4) is 0 Å². The largest absolute Gasteiger partial charge is 0.496 e. The van der Waals surface area contributed by atoms with Gasteiger partial charge in [0.05, 0.1) is 18.2 Å². The molecule has 0 aromatic heterocycles. The first-order chi connectivity index (χ1) is 7.28. The van der Waals surface area contributed by atoms with Crippen molar-refractivity contribution in [2.24, 2.45) is 5.73 Å². The molecule has 1 aliphatic carbocycles. The van der Waals surface area contributed by atoms with Crippen LogP contribution in [0.1, 0.15) is 38.5 Å². The maximum absolute atomic E-state index is 6.28. The van der Waals surface area contributed by atoms with E-state index in [1.54, 1.807) is 7.11 Å². The van der Waals surface area contributed by atoms with Gasteiger partial charge >= 0.3 is 0 Å². The average Bonchev–Trinajstić information content (AvgIpc) is 2.82. The lowest BCUT2D eigenvalue weighted by Crippen LogP contribution is -2.51.